The van der Waals surface area contributed by atoms with Crippen molar-refractivity contribution in [1.29, 1.82) is 0 Å². The third kappa shape index (κ3) is 1.20. The average molecular weight is 110 g/mol. The third-order valence-corrected chi connectivity index (χ3v) is 0.865. The molecule has 0 N–H and O–H groups in total. The van der Waals surface area contributed by atoms with Crippen molar-refractivity contribution in [3.63, 3.8) is 0 Å². The van der Waals surface area contributed by atoms with E-state index in [-0.39, 0.29) is 0 Å². The van der Waals surface area contributed by atoms with Crippen LogP contribution in [0.3, 0.4) is 0 Å². The highest BCUT2D eigenvalue weighted by Crippen LogP contribution is 1.97. The van der Waals surface area contributed by atoms with E-state index in [9.17, 15) is 0 Å². The molecule has 0 unspecified atom stereocenters. The molecule has 0 aromatic carbocycles. The summed E-state index contributed by atoms with van der Waals surface area (Å²) in [5, 5.41) is 0. The van der Waals surface area contributed by atoms with Gasteiger partial charge in [0.05, 0.1) is 6.20 Å². The Morgan fingerprint density at radius 1 is 1.71 bits per heavy atom. The van der Waals surface area contributed by atoms with Crippen LogP contribution in [0.4, 0.5) is 0 Å². The summed E-state index contributed by atoms with van der Waals surface area (Å²) < 4.78 is 0. The van der Waals surface area contributed by atoms with Crippen molar-refractivity contribution >= 4 is 12.6 Å². The van der Waals surface area contributed by atoms with Crippen molar-refractivity contribution in [1.82, 2.24) is 4.98 Å². The van der Waals surface area contributed by atoms with Crippen LogP contribution in [0.5, 0.6) is 0 Å². The highest BCUT2D eigenvalue weighted by Gasteiger charge is 1.75. The summed E-state index contributed by atoms with van der Waals surface area (Å²) in [6.07, 6.45) is 4.28. The van der Waals surface area contributed by atoms with E-state index in [4.69, 9.17) is 0 Å². The van der Waals surface area contributed by atoms with Crippen LogP contribution < -0.4 is 0 Å². The Morgan fingerprint density at radius 3 is 2.86 bits per heavy atom. The Labute approximate surface area is 47.8 Å². The maximum atomic E-state index is 4.00. The molecule has 0 bridgehead atoms. The molecular formula is C5H4NS. The molecule has 1 rings (SSSR count). The van der Waals surface area contributed by atoms with E-state index >= 15 is 0 Å². The molecule has 7 heavy (non-hydrogen) atoms. The van der Waals surface area contributed by atoms with Crippen molar-refractivity contribution in [2.45, 2.75) is 4.90 Å². The van der Waals surface area contributed by atoms with Crippen molar-refractivity contribution < 1.29 is 0 Å². The quantitative estimate of drug-likeness (QED) is 0.495. The molecule has 0 saturated carbocycles. The van der Waals surface area contributed by atoms with Crippen molar-refractivity contribution in [2.75, 3.05) is 0 Å². The van der Waals surface area contributed by atoms with E-state index in [0.29, 0.717) is 0 Å². The fourth-order valence-electron chi connectivity index (χ4n) is 0.312. The van der Waals surface area contributed by atoms with Crippen LogP contribution >= 0.6 is 12.6 Å². The molecule has 1 aromatic rings. The first-order chi connectivity index (χ1) is 3.39. The zero-order valence-electron chi connectivity index (χ0n) is 3.63. The van der Waals surface area contributed by atoms with Gasteiger partial charge in [-0.15, -0.1) is 12.6 Å². The molecule has 0 aliphatic rings. The topological polar surface area (TPSA) is 12.9 Å². The van der Waals surface area contributed by atoms with Gasteiger partial charge in [-0.05, 0) is 12.1 Å². The van der Waals surface area contributed by atoms with E-state index in [2.05, 4.69) is 23.8 Å². The van der Waals surface area contributed by atoms with Gasteiger partial charge in [-0.1, -0.05) is 0 Å². The monoisotopic (exact) mass is 110 g/mol. The molecule has 0 aliphatic heterocycles. The summed E-state index contributed by atoms with van der Waals surface area (Å²) in [6.45, 7) is 0. The molecule has 0 fully saturated rings. The predicted octanol–water partition coefficient (Wildman–Crippen LogP) is 1.17. The molecule has 1 nitrogen and oxygen atoms in total. The van der Waals surface area contributed by atoms with E-state index in [1.54, 1.807) is 12.3 Å². The van der Waals surface area contributed by atoms with Crippen LogP contribution in [0.25, 0.3) is 0 Å². The number of pyridine rings is 1. The number of hydrogen-bond donors (Lipinski definition) is 1. The van der Waals surface area contributed by atoms with Gasteiger partial charge in [0, 0.05) is 11.1 Å². The number of aromatic nitrogens is 1. The van der Waals surface area contributed by atoms with Crippen molar-refractivity contribution in [3.8, 4) is 0 Å². The SMILES string of the molecule is Sc1cc[c]nc1. The number of rotatable bonds is 0. The van der Waals surface area contributed by atoms with Gasteiger partial charge in [0.1, 0.15) is 0 Å². The van der Waals surface area contributed by atoms with Crippen molar-refractivity contribution in [2.24, 2.45) is 0 Å². The molecule has 0 aliphatic carbocycles. The van der Waals surface area contributed by atoms with E-state index < -0.39 is 0 Å². The average Bonchev–Trinajstić information content (AvgIpc) is 1.69. The summed E-state index contributed by atoms with van der Waals surface area (Å²) in [6, 6.07) is 3.55. The molecule has 0 saturated heterocycles. The van der Waals surface area contributed by atoms with Crippen molar-refractivity contribution in [3.05, 3.63) is 24.5 Å². The number of hydrogen-bond acceptors (Lipinski definition) is 2. The van der Waals surface area contributed by atoms with Crippen LogP contribution in [0, 0.1) is 6.20 Å². The molecule has 1 aromatic heterocycles. The summed E-state index contributed by atoms with van der Waals surface area (Å²) in [7, 11) is 0. The van der Waals surface area contributed by atoms with Gasteiger partial charge in [0.2, 0.25) is 0 Å². The lowest BCUT2D eigenvalue weighted by Gasteiger charge is -1.80. The number of nitrogens with zero attached hydrogens (tertiary/aromatic N) is 1. The fraction of sp³-hybridized carbons (Fsp3) is 0. The van der Waals surface area contributed by atoms with Gasteiger partial charge in [-0.2, -0.15) is 0 Å². The van der Waals surface area contributed by atoms with E-state index in [1.165, 1.54) is 0 Å². The van der Waals surface area contributed by atoms with Crippen LogP contribution in [-0.2, 0) is 0 Å². The summed E-state index contributed by atoms with van der Waals surface area (Å²) in [5.74, 6) is 0. The van der Waals surface area contributed by atoms with E-state index in [0.717, 1.165) is 4.90 Å². The minimum atomic E-state index is 0.874. The molecule has 1 radical (unpaired) electrons. The minimum absolute atomic E-state index is 0.874. The summed E-state index contributed by atoms with van der Waals surface area (Å²) in [4.78, 5) is 4.56. The van der Waals surface area contributed by atoms with Crippen LogP contribution in [-0.4, -0.2) is 4.98 Å². The lowest BCUT2D eigenvalue weighted by atomic mass is 10.5. The lowest BCUT2D eigenvalue weighted by molar-refractivity contribution is 1.23. The molecule has 1 heterocycles. The third-order valence-electron chi connectivity index (χ3n) is 0.600. The molecule has 0 spiro atoms. The Bertz CT molecular complexity index is 138. The zero-order valence-corrected chi connectivity index (χ0v) is 4.52. The van der Waals surface area contributed by atoms with Gasteiger partial charge < -0.3 is 0 Å². The zero-order chi connectivity index (χ0) is 5.11. The van der Waals surface area contributed by atoms with Gasteiger partial charge in [-0.3, -0.25) is 4.98 Å². The lowest BCUT2D eigenvalue weighted by Crippen LogP contribution is -1.66. The Hall–Kier alpha value is -0.500. The maximum absolute atomic E-state index is 4.00. The first-order valence-corrected chi connectivity index (χ1v) is 2.35. The first-order valence-electron chi connectivity index (χ1n) is 1.90. The predicted molar refractivity (Wildman–Crippen MR) is 30.3 cm³/mol. The minimum Gasteiger partial charge on any atom is -0.253 e. The normalized spacial score (nSPS) is 8.71. The van der Waals surface area contributed by atoms with Crippen LogP contribution in [0.2, 0.25) is 0 Å². The first kappa shape index (κ1) is 4.65. The Kier molecular flexibility index (Phi) is 1.32. The van der Waals surface area contributed by atoms with Gasteiger partial charge in [0.25, 0.3) is 0 Å². The largest absolute Gasteiger partial charge is 0.253 e. The highest BCUT2D eigenvalue weighted by atomic mass is 32.1. The second-order valence-corrected chi connectivity index (χ2v) is 1.66. The number of thiol groups is 1. The standard InChI is InChI=1S/C5H4NS/c7-5-2-1-3-6-4-5/h1-2,4,7H. The van der Waals surface area contributed by atoms with Crippen LogP contribution in [0.1, 0.15) is 0 Å². The van der Waals surface area contributed by atoms with Gasteiger partial charge in [0.15, 0.2) is 0 Å². The van der Waals surface area contributed by atoms with Gasteiger partial charge >= 0.3 is 0 Å². The molecule has 0 amide bonds. The second-order valence-electron chi connectivity index (χ2n) is 1.15. The maximum Gasteiger partial charge on any atom is 0.0886 e. The Balaban J connectivity index is 3.02. The highest BCUT2D eigenvalue weighted by molar-refractivity contribution is 7.80. The fourth-order valence-corrected chi connectivity index (χ4v) is 0.444. The smallest absolute Gasteiger partial charge is 0.0886 e. The molecule has 2 heteroatoms. The molecule has 0 atom stereocenters. The molecular weight excluding hydrogens is 106 g/mol. The Morgan fingerprint density at radius 2 is 2.57 bits per heavy atom. The van der Waals surface area contributed by atoms with Crippen LogP contribution in [0.15, 0.2) is 23.2 Å². The summed E-state index contributed by atoms with van der Waals surface area (Å²) in [5.41, 5.74) is 0. The van der Waals surface area contributed by atoms with Gasteiger partial charge in [-0.25, -0.2) is 0 Å². The molecule has 35 valence electrons. The van der Waals surface area contributed by atoms with E-state index in [1.807, 2.05) is 6.07 Å². The second kappa shape index (κ2) is 1.98. The summed E-state index contributed by atoms with van der Waals surface area (Å²) >= 11 is 4.00.